The zero-order chi connectivity index (χ0) is 19.8. The van der Waals surface area contributed by atoms with E-state index in [1.807, 2.05) is 12.2 Å². The molecule has 4 atom stereocenters. The molecule has 0 bridgehead atoms. The number of aliphatic hydroxyl groups is 2. The molecular weight excluding hydrogens is 348 g/mol. The minimum absolute atomic E-state index is 0.0281. The minimum atomic E-state index is -2.07. The van der Waals surface area contributed by atoms with Crippen LogP contribution in [-0.4, -0.2) is 51.8 Å². The van der Waals surface area contributed by atoms with Gasteiger partial charge >= 0.3 is 0 Å². The van der Waals surface area contributed by atoms with E-state index >= 15 is 0 Å². The molecule has 1 rings (SSSR count). The van der Waals surface area contributed by atoms with Crippen molar-refractivity contribution >= 4 is 16.6 Å². The van der Waals surface area contributed by atoms with Gasteiger partial charge in [-0.05, 0) is 36.3 Å². The summed E-state index contributed by atoms with van der Waals surface area (Å²) in [6.45, 7) is 21.8. The van der Waals surface area contributed by atoms with Crippen molar-refractivity contribution < 1.29 is 19.1 Å². The lowest BCUT2D eigenvalue weighted by Crippen LogP contribution is -2.56. The molecule has 2 N–H and O–H groups in total. The Balaban J connectivity index is 3.06. The fourth-order valence-corrected chi connectivity index (χ4v) is 4.98. The highest BCUT2D eigenvalue weighted by molar-refractivity contribution is 6.74. The Bertz CT molecular complexity index is 475. The van der Waals surface area contributed by atoms with Gasteiger partial charge in [-0.1, -0.05) is 53.7 Å². The van der Waals surface area contributed by atoms with Crippen LogP contribution in [0.1, 0.15) is 41.5 Å². The van der Waals surface area contributed by atoms with E-state index in [0.717, 1.165) is 0 Å². The van der Waals surface area contributed by atoms with Crippen LogP contribution in [0.3, 0.4) is 0 Å². The van der Waals surface area contributed by atoms with Crippen molar-refractivity contribution in [3.63, 3.8) is 0 Å². The average Bonchev–Trinajstić information content (AvgIpc) is 2.40. The quantitative estimate of drug-likeness (QED) is 0.544. The van der Waals surface area contributed by atoms with Gasteiger partial charge in [0, 0.05) is 5.92 Å². The van der Waals surface area contributed by atoms with Crippen LogP contribution in [0, 0.1) is 5.92 Å². The van der Waals surface area contributed by atoms with E-state index in [1.54, 1.807) is 0 Å². The van der Waals surface area contributed by atoms with Crippen LogP contribution in [-0.2, 0) is 8.85 Å². The summed E-state index contributed by atoms with van der Waals surface area (Å²) in [5, 5.41) is 20.9. The summed E-state index contributed by atoms with van der Waals surface area (Å²) in [7, 11) is -4.08. The maximum Gasteiger partial charge on any atom is 0.193 e. The molecule has 1 aliphatic rings. The highest BCUT2D eigenvalue weighted by atomic mass is 28.4. The fourth-order valence-electron chi connectivity index (χ4n) is 2.38. The largest absolute Gasteiger partial charge is 0.410 e. The van der Waals surface area contributed by atoms with Crippen LogP contribution in [0.2, 0.25) is 36.3 Å². The van der Waals surface area contributed by atoms with Gasteiger partial charge in [-0.25, -0.2) is 0 Å². The van der Waals surface area contributed by atoms with E-state index in [1.165, 1.54) is 0 Å². The maximum atomic E-state index is 11.0. The Hall–Kier alpha value is 0.0138. The van der Waals surface area contributed by atoms with Crippen molar-refractivity contribution in [1.29, 1.82) is 0 Å². The first kappa shape index (κ1) is 23.1. The number of hydrogen-bond acceptors (Lipinski definition) is 4. The Morgan fingerprint density at radius 2 is 1.28 bits per heavy atom. The van der Waals surface area contributed by atoms with Gasteiger partial charge in [0.2, 0.25) is 0 Å². The van der Waals surface area contributed by atoms with Crippen LogP contribution < -0.4 is 0 Å². The van der Waals surface area contributed by atoms with Crippen LogP contribution in [0.5, 0.6) is 0 Å². The van der Waals surface area contributed by atoms with Crippen molar-refractivity contribution in [1.82, 2.24) is 0 Å². The van der Waals surface area contributed by atoms with Gasteiger partial charge in [0.25, 0.3) is 0 Å². The lowest BCUT2D eigenvalue weighted by Gasteiger charge is -2.47. The molecule has 0 heterocycles. The van der Waals surface area contributed by atoms with Gasteiger partial charge in [-0.15, -0.1) is 0 Å². The molecule has 1 aliphatic carbocycles. The average molecular weight is 389 g/mol. The molecule has 0 unspecified atom stereocenters. The number of hydrogen-bond donors (Lipinski definition) is 2. The minimum Gasteiger partial charge on any atom is -0.410 e. The third kappa shape index (κ3) is 5.27. The molecule has 0 aromatic rings. The summed E-state index contributed by atoms with van der Waals surface area (Å²) >= 11 is 0. The SMILES string of the molecule is CC(C)(C)[Si](C)(C)O[C@H]1[C@H](O)[C@@H](O[Si](C)(C)C(C)(C)C)C=C[C@@H]1CO. The first-order valence-electron chi connectivity index (χ1n) is 9.36. The summed E-state index contributed by atoms with van der Waals surface area (Å²) in [5.74, 6) is -0.191. The van der Waals surface area contributed by atoms with Gasteiger partial charge in [-0.3, -0.25) is 0 Å². The monoisotopic (exact) mass is 388 g/mol. The Kier molecular flexibility index (Phi) is 6.97. The lowest BCUT2D eigenvalue weighted by molar-refractivity contribution is -0.0624. The maximum absolute atomic E-state index is 11.0. The smallest absolute Gasteiger partial charge is 0.193 e. The molecule has 0 amide bonds. The van der Waals surface area contributed by atoms with Gasteiger partial charge in [-0.2, -0.15) is 0 Å². The Morgan fingerprint density at radius 1 is 0.840 bits per heavy atom. The number of rotatable bonds is 5. The normalized spacial score (nSPS) is 29.1. The van der Waals surface area contributed by atoms with E-state index in [9.17, 15) is 10.2 Å². The van der Waals surface area contributed by atoms with E-state index in [2.05, 4.69) is 67.7 Å². The molecule has 0 aromatic heterocycles. The molecule has 4 nitrogen and oxygen atoms in total. The molecule has 0 saturated carbocycles. The highest BCUT2D eigenvalue weighted by Gasteiger charge is 2.47. The summed E-state index contributed by atoms with van der Waals surface area (Å²) in [5.41, 5.74) is 0. The molecule has 0 radical (unpaired) electrons. The van der Waals surface area contributed by atoms with Gasteiger partial charge in [0.05, 0.1) is 18.8 Å². The second-order valence-corrected chi connectivity index (χ2v) is 19.9. The van der Waals surface area contributed by atoms with E-state index in [4.69, 9.17) is 8.85 Å². The van der Waals surface area contributed by atoms with E-state index in [0.29, 0.717) is 0 Å². The molecule has 148 valence electrons. The lowest BCUT2D eigenvalue weighted by atomic mass is 9.89. The first-order valence-corrected chi connectivity index (χ1v) is 15.2. The third-order valence-corrected chi connectivity index (χ3v) is 15.3. The second-order valence-electron chi connectivity index (χ2n) is 10.4. The predicted octanol–water partition coefficient (Wildman–Crippen LogP) is 4.31. The predicted molar refractivity (Wildman–Crippen MR) is 110 cm³/mol. The molecular formula is C19H40O4Si2. The Labute approximate surface area is 156 Å². The molecule has 0 aromatic carbocycles. The summed E-state index contributed by atoms with van der Waals surface area (Å²) < 4.78 is 12.9. The fraction of sp³-hybridized carbons (Fsp3) is 0.895. The molecule has 6 heteroatoms. The topological polar surface area (TPSA) is 58.9 Å². The van der Waals surface area contributed by atoms with Crippen molar-refractivity contribution in [2.75, 3.05) is 6.61 Å². The summed E-state index contributed by atoms with van der Waals surface area (Å²) in [6.07, 6.45) is 2.31. The van der Waals surface area contributed by atoms with Crippen molar-refractivity contribution in [2.24, 2.45) is 5.92 Å². The zero-order valence-corrected chi connectivity index (χ0v) is 19.9. The molecule has 0 saturated heterocycles. The van der Waals surface area contributed by atoms with Crippen molar-refractivity contribution in [3.05, 3.63) is 12.2 Å². The van der Waals surface area contributed by atoms with Gasteiger partial charge in [0.15, 0.2) is 16.6 Å². The van der Waals surface area contributed by atoms with Crippen LogP contribution in [0.25, 0.3) is 0 Å². The summed E-state index contributed by atoms with van der Waals surface area (Å²) in [4.78, 5) is 0. The van der Waals surface area contributed by atoms with Gasteiger partial charge < -0.3 is 19.1 Å². The third-order valence-electron chi connectivity index (χ3n) is 6.33. The van der Waals surface area contributed by atoms with Crippen molar-refractivity contribution in [2.45, 2.75) is 96.1 Å². The molecule has 0 fully saturated rings. The Morgan fingerprint density at radius 3 is 1.68 bits per heavy atom. The highest BCUT2D eigenvalue weighted by Crippen LogP contribution is 2.41. The molecule has 0 spiro atoms. The van der Waals surface area contributed by atoms with Crippen molar-refractivity contribution in [3.8, 4) is 0 Å². The standard InChI is InChI=1S/C19H40O4Si2/c1-18(2,3)24(7,8)22-15-12-11-14(13-20)17(16(15)21)23-25(9,10)19(4,5)6/h11-12,14-17,20-21H,13H2,1-10H3/t14-,15+,16-,17-/m1/s1. The first-order chi connectivity index (χ1) is 11.0. The van der Waals surface area contributed by atoms with Crippen LogP contribution in [0.4, 0.5) is 0 Å². The van der Waals surface area contributed by atoms with Crippen LogP contribution >= 0.6 is 0 Å². The zero-order valence-electron chi connectivity index (χ0n) is 17.9. The summed E-state index contributed by atoms with van der Waals surface area (Å²) in [6, 6.07) is 0. The van der Waals surface area contributed by atoms with E-state index in [-0.39, 0.29) is 28.7 Å². The molecule has 25 heavy (non-hydrogen) atoms. The van der Waals surface area contributed by atoms with Gasteiger partial charge in [0.1, 0.15) is 6.10 Å². The van der Waals surface area contributed by atoms with E-state index < -0.39 is 28.8 Å². The van der Waals surface area contributed by atoms with Crippen LogP contribution in [0.15, 0.2) is 12.2 Å². The second kappa shape index (κ2) is 7.56. The number of aliphatic hydroxyl groups excluding tert-OH is 2. The molecule has 0 aliphatic heterocycles.